The zero-order valence-corrected chi connectivity index (χ0v) is 20.3. The minimum atomic E-state index is -0.0130. The van der Waals surface area contributed by atoms with Crippen LogP contribution in [-0.4, -0.2) is 34.1 Å². The fourth-order valence-corrected chi connectivity index (χ4v) is 4.62. The van der Waals surface area contributed by atoms with Crippen molar-refractivity contribution in [1.82, 2.24) is 15.1 Å². The maximum absolute atomic E-state index is 12.7. The first-order chi connectivity index (χ1) is 17.0. The lowest BCUT2D eigenvalue weighted by molar-refractivity contribution is -0.115. The predicted octanol–water partition coefficient (Wildman–Crippen LogP) is 5.80. The first-order valence-electron chi connectivity index (χ1n) is 12.1. The van der Waals surface area contributed by atoms with E-state index >= 15 is 0 Å². The molecule has 0 aliphatic carbocycles. The van der Waals surface area contributed by atoms with E-state index in [-0.39, 0.29) is 5.91 Å². The van der Waals surface area contributed by atoms with E-state index in [0.29, 0.717) is 18.2 Å². The van der Waals surface area contributed by atoms with E-state index in [2.05, 4.69) is 63.7 Å². The van der Waals surface area contributed by atoms with Gasteiger partial charge in [-0.05, 0) is 84.9 Å². The molecule has 1 aliphatic rings. The van der Waals surface area contributed by atoms with Gasteiger partial charge in [0, 0.05) is 24.7 Å². The normalized spacial score (nSPS) is 13.8. The van der Waals surface area contributed by atoms with E-state index in [1.807, 2.05) is 30.3 Å². The third-order valence-electron chi connectivity index (χ3n) is 6.46. The Bertz CT molecular complexity index is 1320. The molecule has 1 N–H and O–H groups in total. The van der Waals surface area contributed by atoms with Crippen LogP contribution in [0.1, 0.15) is 35.4 Å². The van der Waals surface area contributed by atoms with Gasteiger partial charge in [0.1, 0.15) is 0 Å². The Morgan fingerprint density at radius 2 is 1.69 bits per heavy atom. The molecular formula is C29H30N4O2. The Hall–Kier alpha value is -3.77. The quantitative estimate of drug-likeness (QED) is 0.373. The molecule has 1 amide bonds. The molecule has 178 valence electrons. The number of benzene rings is 3. The Morgan fingerprint density at radius 3 is 2.43 bits per heavy atom. The number of carbonyl (C=O) groups excluding carboxylic acids is 1. The van der Waals surface area contributed by atoms with Gasteiger partial charge in [0.15, 0.2) is 0 Å². The number of nitrogens with one attached hydrogen (secondary N) is 1. The third kappa shape index (κ3) is 5.66. The van der Waals surface area contributed by atoms with Crippen LogP contribution >= 0.6 is 0 Å². The summed E-state index contributed by atoms with van der Waals surface area (Å²) in [6.45, 7) is 7.13. The summed E-state index contributed by atoms with van der Waals surface area (Å²) in [6.07, 6.45) is 2.88. The second-order valence-corrected chi connectivity index (χ2v) is 9.26. The van der Waals surface area contributed by atoms with Gasteiger partial charge in [0.2, 0.25) is 17.7 Å². The first-order valence-corrected chi connectivity index (χ1v) is 12.1. The predicted molar refractivity (Wildman–Crippen MR) is 138 cm³/mol. The highest BCUT2D eigenvalue weighted by atomic mass is 16.4. The van der Waals surface area contributed by atoms with Crippen LogP contribution in [0.2, 0.25) is 0 Å². The summed E-state index contributed by atoms with van der Waals surface area (Å²) in [7, 11) is 0. The molecule has 0 saturated carbocycles. The van der Waals surface area contributed by atoms with E-state index in [0.717, 1.165) is 53.1 Å². The van der Waals surface area contributed by atoms with Crippen molar-refractivity contribution in [2.75, 3.05) is 18.4 Å². The highest BCUT2D eigenvalue weighted by molar-refractivity contribution is 5.92. The molecule has 1 saturated heterocycles. The summed E-state index contributed by atoms with van der Waals surface area (Å²) in [5.74, 6) is 1.05. The molecular weight excluding hydrogens is 436 g/mol. The van der Waals surface area contributed by atoms with E-state index in [4.69, 9.17) is 4.42 Å². The van der Waals surface area contributed by atoms with E-state index in [9.17, 15) is 4.79 Å². The van der Waals surface area contributed by atoms with Crippen molar-refractivity contribution in [3.63, 3.8) is 0 Å². The van der Waals surface area contributed by atoms with E-state index < -0.39 is 0 Å². The maximum atomic E-state index is 12.7. The number of carbonyl (C=O) groups is 1. The number of aromatic nitrogens is 2. The number of anilines is 1. The van der Waals surface area contributed by atoms with Crippen LogP contribution in [0, 0.1) is 13.8 Å². The van der Waals surface area contributed by atoms with Gasteiger partial charge in [-0.3, -0.25) is 9.69 Å². The van der Waals surface area contributed by atoms with Gasteiger partial charge in [0.25, 0.3) is 0 Å². The molecule has 0 atom stereocenters. The molecule has 0 bridgehead atoms. The molecule has 0 radical (unpaired) electrons. The zero-order valence-electron chi connectivity index (χ0n) is 20.3. The van der Waals surface area contributed by atoms with Crippen molar-refractivity contribution in [1.29, 1.82) is 0 Å². The minimum absolute atomic E-state index is 0.0130. The average Bonchev–Trinajstić information content (AvgIpc) is 3.52. The highest BCUT2D eigenvalue weighted by Crippen LogP contribution is 2.29. The lowest BCUT2D eigenvalue weighted by Crippen LogP contribution is -2.19. The van der Waals surface area contributed by atoms with Gasteiger partial charge in [-0.2, -0.15) is 0 Å². The third-order valence-corrected chi connectivity index (χ3v) is 6.46. The largest absolute Gasteiger partial charge is 0.421 e. The topological polar surface area (TPSA) is 71.3 Å². The summed E-state index contributed by atoms with van der Waals surface area (Å²) >= 11 is 0. The number of aryl methyl sites for hydroxylation is 2. The van der Waals surface area contributed by atoms with Crippen LogP contribution in [0.4, 0.5) is 5.69 Å². The summed E-state index contributed by atoms with van der Waals surface area (Å²) < 4.78 is 5.58. The van der Waals surface area contributed by atoms with Gasteiger partial charge >= 0.3 is 0 Å². The number of rotatable bonds is 7. The Kier molecular flexibility index (Phi) is 6.73. The molecule has 1 aromatic heterocycles. The molecule has 6 nitrogen and oxygen atoms in total. The van der Waals surface area contributed by atoms with Crippen molar-refractivity contribution in [2.24, 2.45) is 0 Å². The van der Waals surface area contributed by atoms with Crippen LogP contribution in [0.15, 0.2) is 71.1 Å². The molecule has 2 heterocycles. The summed E-state index contributed by atoms with van der Waals surface area (Å²) in [5.41, 5.74) is 7.30. The van der Waals surface area contributed by atoms with Crippen molar-refractivity contribution >= 4 is 11.6 Å². The van der Waals surface area contributed by atoms with E-state index in [1.165, 1.54) is 18.4 Å². The van der Waals surface area contributed by atoms with Crippen molar-refractivity contribution in [3.8, 4) is 22.6 Å². The molecule has 35 heavy (non-hydrogen) atoms. The van der Waals surface area contributed by atoms with Gasteiger partial charge in [-0.15, -0.1) is 10.2 Å². The van der Waals surface area contributed by atoms with Crippen LogP contribution in [0.5, 0.6) is 0 Å². The number of hydrogen-bond acceptors (Lipinski definition) is 5. The smallest absolute Gasteiger partial charge is 0.247 e. The Balaban J connectivity index is 1.24. The second kappa shape index (κ2) is 10.2. The molecule has 5 rings (SSSR count). The molecule has 0 spiro atoms. The number of nitrogens with zero attached hydrogens (tertiary/aromatic N) is 3. The van der Waals surface area contributed by atoms with Gasteiger partial charge < -0.3 is 9.73 Å². The average molecular weight is 467 g/mol. The Morgan fingerprint density at radius 1 is 0.914 bits per heavy atom. The van der Waals surface area contributed by atoms with Gasteiger partial charge in [-0.1, -0.05) is 42.5 Å². The standard InChI is InChI=1S/C29H30N4O2/c1-20-8-11-25(29-32-31-21(2)35-29)18-27(20)24-12-9-22(10-13-24)17-28(34)30-26-7-5-6-23(16-26)19-33-14-3-4-15-33/h5-13,16,18H,3-4,14-15,17,19H2,1-2H3,(H,30,34). The zero-order chi connectivity index (χ0) is 24.2. The molecule has 4 aromatic rings. The van der Waals surface area contributed by atoms with Crippen molar-refractivity contribution < 1.29 is 9.21 Å². The summed E-state index contributed by atoms with van der Waals surface area (Å²) in [5, 5.41) is 11.1. The highest BCUT2D eigenvalue weighted by Gasteiger charge is 2.13. The number of amides is 1. The Labute approximate surface area is 206 Å². The van der Waals surface area contributed by atoms with Crippen LogP contribution < -0.4 is 5.32 Å². The second-order valence-electron chi connectivity index (χ2n) is 9.26. The van der Waals surface area contributed by atoms with Crippen LogP contribution in [0.25, 0.3) is 22.6 Å². The molecule has 0 unspecified atom stereocenters. The molecule has 6 heteroatoms. The number of likely N-dealkylation sites (tertiary alicyclic amines) is 1. The molecule has 3 aromatic carbocycles. The lowest BCUT2D eigenvalue weighted by Gasteiger charge is -2.15. The lowest BCUT2D eigenvalue weighted by atomic mass is 9.96. The van der Waals surface area contributed by atoms with Gasteiger partial charge in [-0.25, -0.2) is 0 Å². The van der Waals surface area contributed by atoms with Gasteiger partial charge in [0.05, 0.1) is 6.42 Å². The van der Waals surface area contributed by atoms with Crippen LogP contribution in [0.3, 0.4) is 0 Å². The fraction of sp³-hybridized carbons (Fsp3) is 0.276. The van der Waals surface area contributed by atoms with Crippen molar-refractivity contribution in [2.45, 2.75) is 39.7 Å². The molecule has 1 fully saturated rings. The summed E-state index contributed by atoms with van der Waals surface area (Å²) in [6, 6.07) is 22.5. The van der Waals surface area contributed by atoms with E-state index in [1.54, 1.807) is 6.92 Å². The molecule has 1 aliphatic heterocycles. The van der Waals surface area contributed by atoms with Crippen molar-refractivity contribution in [3.05, 3.63) is 89.3 Å². The van der Waals surface area contributed by atoms with Crippen LogP contribution in [-0.2, 0) is 17.8 Å². The number of hydrogen-bond donors (Lipinski definition) is 1. The SMILES string of the molecule is Cc1nnc(-c2ccc(C)c(-c3ccc(CC(=O)Nc4cccc(CN5CCCC5)c4)cc3)c2)o1. The fourth-order valence-electron chi connectivity index (χ4n) is 4.62. The summed E-state index contributed by atoms with van der Waals surface area (Å²) in [4.78, 5) is 15.2. The maximum Gasteiger partial charge on any atom is 0.247 e. The first kappa shape index (κ1) is 23.0. The minimum Gasteiger partial charge on any atom is -0.421 e. The monoisotopic (exact) mass is 466 g/mol.